The van der Waals surface area contributed by atoms with Gasteiger partial charge in [0.05, 0.1) is 11.0 Å². The summed E-state index contributed by atoms with van der Waals surface area (Å²) in [5.74, 6) is -3.45. The molecule has 0 aromatic heterocycles. The lowest BCUT2D eigenvalue weighted by Gasteiger charge is -2.37. The van der Waals surface area contributed by atoms with Crippen LogP contribution in [0, 0.1) is 17.2 Å². The van der Waals surface area contributed by atoms with E-state index in [4.69, 9.17) is 0 Å². The molecule has 2 aliphatic rings. The molecule has 0 saturated heterocycles. The summed E-state index contributed by atoms with van der Waals surface area (Å²) in [6.45, 7) is 1.52. The fraction of sp³-hybridized carbons (Fsp3) is 0.333. The third-order valence-corrected chi connectivity index (χ3v) is 5.63. The van der Waals surface area contributed by atoms with Gasteiger partial charge in [0.1, 0.15) is 5.82 Å². The zero-order valence-corrected chi connectivity index (χ0v) is 14.5. The Labute approximate surface area is 146 Å². The fourth-order valence-corrected chi connectivity index (χ4v) is 4.15. The molecule has 1 aromatic carbocycles. The van der Waals surface area contributed by atoms with Crippen LogP contribution in [-0.4, -0.2) is 22.2 Å². The van der Waals surface area contributed by atoms with Gasteiger partial charge in [-0.05, 0) is 64.9 Å². The summed E-state index contributed by atoms with van der Waals surface area (Å²) in [4.78, 5) is 24.0. The minimum Gasteiger partial charge on any atom is -0.481 e. The quantitative estimate of drug-likeness (QED) is 0.806. The molecule has 1 saturated carbocycles. The maximum Gasteiger partial charge on any atom is 0.333 e. The summed E-state index contributed by atoms with van der Waals surface area (Å²) in [7, 11) is 0. The van der Waals surface area contributed by atoms with Crippen molar-refractivity contribution < 1.29 is 24.2 Å². The first-order valence-electron chi connectivity index (χ1n) is 7.60. The summed E-state index contributed by atoms with van der Waals surface area (Å²) < 4.78 is 13.7. The van der Waals surface area contributed by atoms with E-state index in [2.05, 4.69) is 15.9 Å². The highest BCUT2D eigenvalue weighted by Crippen LogP contribution is 2.55. The lowest BCUT2D eigenvalue weighted by atomic mass is 9.65. The molecular formula is C18H16BrFO4. The molecule has 0 amide bonds. The molecule has 0 spiro atoms. The van der Waals surface area contributed by atoms with E-state index in [0.717, 1.165) is 18.4 Å². The first-order chi connectivity index (χ1) is 11.3. The van der Waals surface area contributed by atoms with Crippen molar-refractivity contribution in [2.75, 3.05) is 0 Å². The number of carboxylic acids is 2. The van der Waals surface area contributed by atoms with Crippen LogP contribution >= 0.6 is 15.9 Å². The molecule has 4 nitrogen and oxygen atoms in total. The van der Waals surface area contributed by atoms with E-state index in [1.54, 1.807) is 6.08 Å². The Morgan fingerprint density at radius 3 is 2.25 bits per heavy atom. The minimum atomic E-state index is -1.42. The number of rotatable bonds is 4. The first kappa shape index (κ1) is 16.9. The Hall–Kier alpha value is -1.95. The van der Waals surface area contributed by atoms with Crippen LogP contribution < -0.4 is 0 Å². The highest BCUT2D eigenvalue weighted by molar-refractivity contribution is 9.12. The Balaban J connectivity index is 2.24. The lowest BCUT2D eigenvalue weighted by Crippen LogP contribution is -2.38. The molecule has 1 fully saturated rings. The summed E-state index contributed by atoms with van der Waals surface area (Å²) in [5.41, 5.74) is -0.200. The largest absolute Gasteiger partial charge is 0.481 e. The van der Waals surface area contributed by atoms with E-state index >= 15 is 0 Å². The molecule has 2 unspecified atom stereocenters. The normalized spacial score (nSPS) is 27.0. The summed E-state index contributed by atoms with van der Waals surface area (Å²) >= 11 is 3.38. The lowest BCUT2D eigenvalue weighted by molar-refractivity contribution is -0.146. The van der Waals surface area contributed by atoms with Crippen molar-refractivity contribution in [3.8, 4) is 0 Å². The van der Waals surface area contributed by atoms with E-state index in [-0.39, 0.29) is 11.5 Å². The predicted molar refractivity (Wildman–Crippen MR) is 89.3 cm³/mol. The molecule has 126 valence electrons. The van der Waals surface area contributed by atoms with Gasteiger partial charge in [-0.15, -0.1) is 0 Å². The Kier molecular flexibility index (Phi) is 4.11. The van der Waals surface area contributed by atoms with E-state index in [0.29, 0.717) is 10.0 Å². The van der Waals surface area contributed by atoms with Crippen LogP contribution in [0.25, 0.3) is 0 Å². The summed E-state index contributed by atoms with van der Waals surface area (Å²) in [6.07, 6.45) is 3.51. The zero-order valence-electron chi connectivity index (χ0n) is 12.9. The van der Waals surface area contributed by atoms with Gasteiger partial charge in [-0.25, -0.2) is 9.18 Å². The second kappa shape index (κ2) is 5.84. The van der Waals surface area contributed by atoms with E-state index in [1.165, 1.54) is 31.2 Å². The molecule has 3 rings (SSSR count). The summed E-state index contributed by atoms with van der Waals surface area (Å²) in [5, 5.41) is 19.6. The molecule has 2 N–H and O–H groups in total. The van der Waals surface area contributed by atoms with E-state index in [1.807, 2.05) is 0 Å². The molecule has 24 heavy (non-hydrogen) atoms. The third-order valence-electron chi connectivity index (χ3n) is 4.75. The van der Waals surface area contributed by atoms with Crippen molar-refractivity contribution in [2.24, 2.45) is 11.3 Å². The number of hydrogen-bond acceptors (Lipinski definition) is 2. The van der Waals surface area contributed by atoms with E-state index < -0.39 is 29.1 Å². The molecular weight excluding hydrogens is 379 g/mol. The predicted octanol–water partition coefficient (Wildman–Crippen LogP) is 4.08. The molecule has 2 aliphatic carbocycles. The SMILES string of the molecule is CC1(C(=O)O)C=C(C2CC2)C(Br)=C(C(=O)O)C1c1ccc(F)cc1. The van der Waals surface area contributed by atoms with Crippen molar-refractivity contribution in [1.29, 1.82) is 0 Å². The molecule has 0 aliphatic heterocycles. The third kappa shape index (κ3) is 2.69. The zero-order chi connectivity index (χ0) is 17.6. The van der Waals surface area contributed by atoms with Crippen LogP contribution in [0.4, 0.5) is 4.39 Å². The van der Waals surface area contributed by atoms with Crippen molar-refractivity contribution in [1.82, 2.24) is 0 Å². The second-order valence-corrected chi connectivity index (χ2v) is 7.27. The maximum absolute atomic E-state index is 13.2. The summed E-state index contributed by atoms with van der Waals surface area (Å²) in [6, 6.07) is 5.32. The maximum atomic E-state index is 13.2. The minimum absolute atomic E-state index is 0.0101. The van der Waals surface area contributed by atoms with Crippen LogP contribution in [-0.2, 0) is 9.59 Å². The van der Waals surface area contributed by atoms with Gasteiger partial charge in [-0.3, -0.25) is 4.79 Å². The van der Waals surface area contributed by atoms with Gasteiger partial charge in [0, 0.05) is 10.4 Å². The van der Waals surface area contributed by atoms with Gasteiger partial charge in [0.25, 0.3) is 0 Å². The van der Waals surface area contributed by atoms with Crippen molar-refractivity contribution in [2.45, 2.75) is 25.7 Å². The topological polar surface area (TPSA) is 74.6 Å². The molecule has 6 heteroatoms. The molecule has 0 bridgehead atoms. The van der Waals surface area contributed by atoms with Crippen LogP contribution in [0.1, 0.15) is 31.2 Å². The average molecular weight is 395 g/mol. The number of aliphatic carboxylic acids is 2. The van der Waals surface area contributed by atoms with Crippen LogP contribution in [0.2, 0.25) is 0 Å². The molecule has 0 radical (unpaired) electrons. The number of halogens is 2. The van der Waals surface area contributed by atoms with Gasteiger partial charge < -0.3 is 10.2 Å². The van der Waals surface area contributed by atoms with E-state index in [9.17, 15) is 24.2 Å². The van der Waals surface area contributed by atoms with Crippen LogP contribution in [0.5, 0.6) is 0 Å². The average Bonchev–Trinajstić information content (AvgIpc) is 3.34. The molecule has 2 atom stereocenters. The van der Waals surface area contributed by atoms with Crippen LogP contribution in [0.15, 0.2) is 46.0 Å². The number of carboxylic acid groups (broad SMARTS) is 2. The number of allylic oxidation sites excluding steroid dienone is 2. The Bertz CT molecular complexity index is 777. The fourth-order valence-electron chi connectivity index (χ4n) is 3.31. The molecule has 0 heterocycles. The Morgan fingerprint density at radius 1 is 1.21 bits per heavy atom. The number of carbonyl (C=O) groups is 2. The van der Waals surface area contributed by atoms with Crippen molar-refractivity contribution >= 4 is 27.9 Å². The van der Waals surface area contributed by atoms with Crippen LogP contribution in [0.3, 0.4) is 0 Å². The first-order valence-corrected chi connectivity index (χ1v) is 8.40. The standard InChI is InChI=1S/C18H16BrFO4/c1-18(17(23)24)8-12(9-2-3-9)15(19)13(16(21)22)14(18)10-4-6-11(20)7-5-10/h4-9,14H,2-3H2,1H3,(H,21,22)(H,23,24). The smallest absolute Gasteiger partial charge is 0.333 e. The van der Waals surface area contributed by atoms with Gasteiger partial charge in [-0.1, -0.05) is 18.2 Å². The highest BCUT2D eigenvalue weighted by atomic mass is 79.9. The Morgan fingerprint density at radius 2 is 1.79 bits per heavy atom. The number of benzene rings is 1. The van der Waals surface area contributed by atoms with Gasteiger partial charge in [0.15, 0.2) is 0 Å². The molecule has 1 aromatic rings. The second-order valence-electron chi connectivity index (χ2n) is 6.48. The number of hydrogen-bond donors (Lipinski definition) is 2. The van der Waals surface area contributed by atoms with Gasteiger partial charge >= 0.3 is 11.9 Å². The van der Waals surface area contributed by atoms with Crippen molar-refractivity contribution in [3.63, 3.8) is 0 Å². The van der Waals surface area contributed by atoms with Crippen molar-refractivity contribution in [3.05, 3.63) is 57.4 Å². The highest BCUT2D eigenvalue weighted by Gasteiger charge is 2.50. The van der Waals surface area contributed by atoms with Gasteiger partial charge in [0.2, 0.25) is 0 Å². The monoisotopic (exact) mass is 394 g/mol. The van der Waals surface area contributed by atoms with Gasteiger partial charge in [-0.2, -0.15) is 0 Å².